The molecule has 4 heterocycles. The Morgan fingerprint density at radius 1 is 1.33 bits per heavy atom. The topological polar surface area (TPSA) is 128 Å². The Kier molecular flexibility index (Phi) is 6.75. The van der Waals surface area contributed by atoms with Crippen molar-refractivity contribution in [3.8, 4) is 0 Å². The van der Waals surface area contributed by atoms with Gasteiger partial charge in [0.15, 0.2) is 0 Å². The number of fused-ring (bicyclic) bond motifs is 1. The van der Waals surface area contributed by atoms with Gasteiger partial charge in [0.2, 0.25) is 17.7 Å². The van der Waals surface area contributed by atoms with Gasteiger partial charge in [0.25, 0.3) is 0 Å². The van der Waals surface area contributed by atoms with E-state index in [0.717, 1.165) is 6.42 Å². The van der Waals surface area contributed by atoms with Crippen molar-refractivity contribution in [1.29, 1.82) is 0 Å². The molecule has 11 heteroatoms. The van der Waals surface area contributed by atoms with Gasteiger partial charge in [-0.1, -0.05) is 6.92 Å². The molecule has 0 aromatic heterocycles. The zero-order valence-corrected chi connectivity index (χ0v) is 20.2. The minimum Gasteiger partial charge on any atom is -0.477 e. The van der Waals surface area contributed by atoms with Gasteiger partial charge in [-0.2, -0.15) is 0 Å². The van der Waals surface area contributed by atoms with Crippen LogP contribution in [0.3, 0.4) is 0 Å². The SMILES string of the molecule is CC(NC(=O)[C@H]1CCCO1)[C@H]1C(=O)N2C(C(=O)O)=C(S[C@@H]3CN[C@H](C(=O)N(C)C)C3)[C@H](C)[C@H]12. The summed E-state index contributed by atoms with van der Waals surface area (Å²) in [4.78, 5) is 53.5. The van der Waals surface area contributed by atoms with Crippen molar-refractivity contribution < 1.29 is 29.0 Å². The third-order valence-corrected chi connectivity index (χ3v) is 8.56. The number of thioether (sulfide) groups is 1. The zero-order chi connectivity index (χ0) is 24.0. The largest absolute Gasteiger partial charge is 0.477 e. The highest BCUT2D eigenvalue weighted by atomic mass is 32.2. The van der Waals surface area contributed by atoms with Gasteiger partial charge in [0, 0.05) is 49.4 Å². The van der Waals surface area contributed by atoms with Crippen molar-refractivity contribution in [3.63, 3.8) is 0 Å². The van der Waals surface area contributed by atoms with E-state index >= 15 is 0 Å². The molecular weight excluding hydrogens is 448 g/mol. The first-order valence-corrected chi connectivity index (χ1v) is 12.3. The quantitative estimate of drug-likeness (QED) is 0.434. The summed E-state index contributed by atoms with van der Waals surface area (Å²) in [5.74, 6) is -2.27. The molecule has 7 atom stereocenters. The summed E-state index contributed by atoms with van der Waals surface area (Å²) < 4.78 is 5.43. The first-order chi connectivity index (χ1) is 15.6. The lowest BCUT2D eigenvalue weighted by atomic mass is 9.78. The number of hydrogen-bond acceptors (Lipinski definition) is 7. The lowest BCUT2D eigenvalue weighted by Gasteiger charge is -2.47. The first kappa shape index (κ1) is 24.0. The molecule has 3 fully saturated rings. The molecule has 182 valence electrons. The van der Waals surface area contributed by atoms with Crippen LogP contribution in [0.15, 0.2) is 10.6 Å². The second-order valence-electron chi connectivity index (χ2n) is 9.50. The van der Waals surface area contributed by atoms with Gasteiger partial charge in [-0.3, -0.25) is 14.4 Å². The van der Waals surface area contributed by atoms with Crippen molar-refractivity contribution in [2.45, 2.75) is 62.6 Å². The molecule has 3 saturated heterocycles. The van der Waals surface area contributed by atoms with Crippen LogP contribution in [0, 0.1) is 11.8 Å². The van der Waals surface area contributed by atoms with E-state index in [2.05, 4.69) is 10.6 Å². The maximum atomic E-state index is 13.0. The van der Waals surface area contributed by atoms with Crippen LogP contribution >= 0.6 is 11.8 Å². The van der Waals surface area contributed by atoms with Crippen LogP contribution in [0.2, 0.25) is 0 Å². The summed E-state index contributed by atoms with van der Waals surface area (Å²) in [5, 5.41) is 16.1. The normalized spacial score (nSPS) is 34.2. The van der Waals surface area contributed by atoms with E-state index in [4.69, 9.17) is 4.74 Å². The fourth-order valence-corrected chi connectivity index (χ4v) is 6.84. The van der Waals surface area contributed by atoms with Crippen LogP contribution in [-0.2, 0) is 23.9 Å². The highest BCUT2D eigenvalue weighted by Gasteiger charge is 2.60. The molecule has 0 radical (unpaired) electrons. The standard InChI is InChI=1S/C22H32N4O6S/c1-10-16-15(11(2)24-19(27)14-6-5-7-32-14)21(29)26(16)17(22(30)31)18(10)33-12-8-13(23-9-12)20(28)25(3)4/h10-16,23H,5-9H2,1-4H3,(H,24,27)(H,30,31)/t10-,11?,12+,13+,14-,15-,16-/m1/s1. The number of ether oxygens (including phenoxy) is 1. The predicted octanol–water partition coefficient (Wildman–Crippen LogP) is -0.00510. The molecule has 0 spiro atoms. The number of carboxylic acids is 1. The monoisotopic (exact) mass is 480 g/mol. The van der Waals surface area contributed by atoms with Crippen molar-refractivity contribution in [2.24, 2.45) is 11.8 Å². The Labute approximate surface area is 197 Å². The van der Waals surface area contributed by atoms with Crippen LogP contribution in [0.1, 0.15) is 33.1 Å². The molecule has 0 aliphatic carbocycles. The maximum Gasteiger partial charge on any atom is 0.353 e. The van der Waals surface area contributed by atoms with E-state index in [0.29, 0.717) is 30.9 Å². The second kappa shape index (κ2) is 9.27. The average Bonchev–Trinajstić information content (AvgIpc) is 3.48. The Morgan fingerprint density at radius 2 is 2.06 bits per heavy atom. The number of likely N-dealkylation sites (N-methyl/N-ethyl adjacent to an activating group) is 1. The van der Waals surface area contributed by atoms with Gasteiger partial charge in [0.05, 0.1) is 18.0 Å². The van der Waals surface area contributed by atoms with Crippen LogP contribution < -0.4 is 10.6 Å². The minimum atomic E-state index is -1.12. The number of carbonyl (C=O) groups is 4. The molecular formula is C22H32N4O6S. The predicted molar refractivity (Wildman–Crippen MR) is 121 cm³/mol. The highest BCUT2D eigenvalue weighted by Crippen LogP contribution is 2.51. The summed E-state index contributed by atoms with van der Waals surface area (Å²) in [6.07, 6.45) is 1.62. The van der Waals surface area contributed by atoms with E-state index in [1.807, 2.05) is 6.92 Å². The second-order valence-corrected chi connectivity index (χ2v) is 10.8. The summed E-state index contributed by atoms with van der Waals surface area (Å²) in [6.45, 7) is 4.89. The van der Waals surface area contributed by atoms with E-state index in [1.54, 1.807) is 25.9 Å². The van der Waals surface area contributed by atoms with Gasteiger partial charge in [-0.15, -0.1) is 11.8 Å². The Hall–Kier alpha value is -2.11. The molecule has 10 nitrogen and oxygen atoms in total. The van der Waals surface area contributed by atoms with Crippen LogP contribution in [-0.4, -0.2) is 95.3 Å². The third kappa shape index (κ3) is 4.26. The lowest BCUT2D eigenvalue weighted by molar-refractivity contribution is -0.159. The zero-order valence-electron chi connectivity index (χ0n) is 19.4. The van der Waals surface area contributed by atoms with Crippen molar-refractivity contribution >= 4 is 35.5 Å². The Balaban J connectivity index is 1.45. The maximum absolute atomic E-state index is 13.0. The van der Waals surface area contributed by atoms with Crippen molar-refractivity contribution in [1.82, 2.24) is 20.4 Å². The van der Waals surface area contributed by atoms with Gasteiger partial charge in [0.1, 0.15) is 11.8 Å². The van der Waals surface area contributed by atoms with Crippen LogP contribution in [0.25, 0.3) is 0 Å². The average molecular weight is 481 g/mol. The summed E-state index contributed by atoms with van der Waals surface area (Å²) in [6, 6.07) is -1.02. The third-order valence-electron chi connectivity index (χ3n) is 7.05. The smallest absolute Gasteiger partial charge is 0.353 e. The number of aliphatic carboxylic acids is 1. The molecule has 4 rings (SSSR count). The number of nitrogens with zero attached hydrogens (tertiary/aromatic N) is 2. The molecule has 0 bridgehead atoms. The van der Waals surface area contributed by atoms with E-state index in [9.17, 15) is 24.3 Å². The van der Waals surface area contributed by atoms with E-state index < -0.39 is 24.0 Å². The summed E-state index contributed by atoms with van der Waals surface area (Å²) in [5.41, 5.74) is 0.0405. The number of amides is 3. The number of carboxylic acid groups (broad SMARTS) is 1. The number of β-lactam (4-membered cyclic amide) rings is 1. The molecule has 4 aliphatic heterocycles. The highest BCUT2D eigenvalue weighted by molar-refractivity contribution is 8.03. The van der Waals surface area contributed by atoms with Gasteiger partial charge in [-0.25, -0.2) is 4.79 Å². The number of nitrogens with one attached hydrogen (secondary N) is 2. The molecule has 33 heavy (non-hydrogen) atoms. The lowest BCUT2D eigenvalue weighted by Crippen LogP contribution is -2.66. The molecule has 0 aromatic rings. The summed E-state index contributed by atoms with van der Waals surface area (Å²) in [7, 11) is 3.42. The molecule has 0 aromatic carbocycles. The molecule has 1 unspecified atom stereocenters. The van der Waals surface area contributed by atoms with Crippen LogP contribution in [0.5, 0.6) is 0 Å². The molecule has 3 N–H and O–H groups in total. The molecule has 0 saturated carbocycles. The Bertz CT molecular complexity index is 886. The van der Waals surface area contributed by atoms with Crippen LogP contribution in [0.4, 0.5) is 0 Å². The van der Waals surface area contributed by atoms with E-state index in [-0.39, 0.29) is 46.7 Å². The van der Waals surface area contributed by atoms with Crippen molar-refractivity contribution in [2.75, 3.05) is 27.2 Å². The van der Waals surface area contributed by atoms with Gasteiger partial charge in [-0.05, 0) is 26.2 Å². The van der Waals surface area contributed by atoms with E-state index in [1.165, 1.54) is 16.7 Å². The number of rotatable bonds is 7. The fraction of sp³-hybridized carbons (Fsp3) is 0.727. The summed E-state index contributed by atoms with van der Waals surface area (Å²) >= 11 is 1.45. The number of carbonyl (C=O) groups excluding carboxylic acids is 3. The van der Waals surface area contributed by atoms with Gasteiger partial charge >= 0.3 is 5.97 Å². The molecule has 4 aliphatic rings. The number of hydrogen-bond donors (Lipinski definition) is 3. The molecule has 3 amide bonds. The van der Waals surface area contributed by atoms with Crippen molar-refractivity contribution in [3.05, 3.63) is 10.6 Å². The first-order valence-electron chi connectivity index (χ1n) is 11.5. The fourth-order valence-electron chi connectivity index (χ4n) is 5.36. The minimum absolute atomic E-state index is 0.000113. The van der Waals surface area contributed by atoms with Gasteiger partial charge < -0.3 is 30.3 Å². The Morgan fingerprint density at radius 3 is 2.67 bits per heavy atom.